The van der Waals surface area contributed by atoms with Gasteiger partial charge in [-0.25, -0.2) is 14.1 Å². The summed E-state index contributed by atoms with van der Waals surface area (Å²) in [5.74, 6) is -2.17. The number of hydrogen-bond donors (Lipinski definition) is 1. The number of nitrogens with one attached hydrogen (secondary N) is 1. The summed E-state index contributed by atoms with van der Waals surface area (Å²) in [6.07, 6.45) is 1.41. The van der Waals surface area contributed by atoms with Crippen LogP contribution in [0.1, 0.15) is 5.56 Å². The van der Waals surface area contributed by atoms with Gasteiger partial charge in [-0.3, -0.25) is 14.9 Å². The molecule has 1 saturated heterocycles. The van der Waals surface area contributed by atoms with Gasteiger partial charge in [-0.15, -0.1) is 0 Å². The molecule has 0 radical (unpaired) electrons. The van der Waals surface area contributed by atoms with Crippen molar-refractivity contribution in [1.82, 2.24) is 5.32 Å². The van der Waals surface area contributed by atoms with E-state index >= 15 is 0 Å². The van der Waals surface area contributed by atoms with E-state index in [0.29, 0.717) is 5.56 Å². The second-order valence-electron chi connectivity index (χ2n) is 4.96. The monoisotopic (exact) mass is 436 g/mol. The first-order valence-electron chi connectivity index (χ1n) is 6.89. The number of rotatable bonds is 2. The van der Waals surface area contributed by atoms with E-state index in [4.69, 9.17) is 0 Å². The van der Waals surface area contributed by atoms with Crippen molar-refractivity contribution in [3.05, 3.63) is 69.1 Å². The fourth-order valence-electron chi connectivity index (χ4n) is 2.25. The van der Waals surface area contributed by atoms with Gasteiger partial charge in [0.25, 0.3) is 11.8 Å². The molecule has 0 unspecified atom stereocenters. The minimum atomic E-state index is -0.907. The maximum Gasteiger partial charge on any atom is 0.335 e. The number of nitrogens with zero attached hydrogens (tertiary/aromatic N) is 1. The molecule has 0 atom stereocenters. The van der Waals surface area contributed by atoms with Crippen LogP contribution in [-0.2, 0) is 9.59 Å². The van der Waals surface area contributed by atoms with Crippen molar-refractivity contribution in [2.75, 3.05) is 4.90 Å². The highest BCUT2D eigenvalue weighted by Gasteiger charge is 2.36. The third kappa shape index (κ3) is 3.07. The van der Waals surface area contributed by atoms with Crippen LogP contribution in [0.25, 0.3) is 6.08 Å². The topological polar surface area (TPSA) is 66.5 Å². The second kappa shape index (κ2) is 6.52. The van der Waals surface area contributed by atoms with E-state index in [1.165, 1.54) is 24.3 Å². The maximum absolute atomic E-state index is 13.4. The minimum Gasteiger partial charge on any atom is -0.273 e. The van der Waals surface area contributed by atoms with Gasteiger partial charge in [0.15, 0.2) is 0 Å². The van der Waals surface area contributed by atoms with Crippen molar-refractivity contribution in [3.8, 4) is 0 Å². The Morgan fingerprint density at radius 3 is 2.50 bits per heavy atom. The number of carbonyl (C=O) groups is 3. The first-order valence-corrected chi connectivity index (χ1v) is 7.97. The molecule has 1 heterocycles. The molecule has 1 fully saturated rings. The van der Waals surface area contributed by atoms with Gasteiger partial charge >= 0.3 is 6.03 Å². The molecule has 2 aromatic rings. The van der Waals surface area contributed by atoms with Gasteiger partial charge in [-0.1, -0.05) is 24.3 Å². The zero-order chi connectivity index (χ0) is 17.3. The molecule has 0 aliphatic carbocycles. The molecule has 120 valence electrons. The Kier molecular flexibility index (Phi) is 4.43. The van der Waals surface area contributed by atoms with Gasteiger partial charge in [0.2, 0.25) is 0 Å². The molecule has 4 amide bonds. The highest BCUT2D eigenvalue weighted by molar-refractivity contribution is 14.1. The summed E-state index contributed by atoms with van der Waals surface area (Å²) in [6.45, 7) is 0. The molecule has 0 bridgehead atoms. The molecule has 7 heteroatoms. The Morgan fingerprint density at radius 2 is 1.79 bits per heavy atom. The largest absolute Gasteiger partial charge is 0.335 e. The predicted octanol–water partition coefficient (Wildman–Crippen LogP) is 3.10. The van der Waals surface area contributed by atoms with Crippen molar-refractivity contribution >= 4 is 52.2 Å². The quantitative estimate of drug-likeness (QED) is 0.447. The molecular weight excluding hydrogens is 426 g/mol. The average Bonchev–Trinajstić information content (AvgIpc) is 2.53. The summed E-state index contributed by atoms with van der Waals surface area (Å²) in [5.41, 5.74) is 0.534. The molecule has 24 heavy (non-hydrogen) atoms. The second-order valence-corrected chi connectivity index (χ2v) is 6.12. The zero-order valence-electron chi connectivity index (χ0n) is 12.1. The summed E-state index contributed by atoms with van der Waals surface area (Å²) in [4.78, 5) is 37.4. The number of anilines is 1. The van der Waals surface area contributed by atoms with E-state index in [2.05, 4.69) is 27.9 Å². The molecule has 0 spiro atoms. The number of benzene rings is 2. The molecule has 1 aliphatic heterocycles. The molecule has 0 saturated carbocycles. The van der Waals surface area contributed by atoms with E-state index in [1.54, 1.807) is 12.1 Å². The minimum absolute atomic E-state index is 0.0543. The lowest BCUT2D eigenvalue weighted by Crippen LogP contribution is -2.54. The van der Waals surface area contributed by atoms with Crippen LogP contribution in [0.5, 0.6) is 0 Å². The van der Waals surface area contributed by atoms with Gasteiger partial charge in [-0.2, -0.15) is 0 Å². The van der Waals surface area contributed by atoms with Crippen molar-refractivity contribution in [1.29, 1.82) is 0 Å². The Hall–Kier alpha value is -2.55. The van der Waals surface area contributed by atoms with Gasteiger partial charge in [0.05, 0.1) is 5.69 Å². The highest BCUT2D eigenvalue weighted by Crippen LogP contribution is 2.23. The van der Waals surface area contributed by atoms with Crippen LogP contribution in [-0.4, -0.2) is 17.8 Å². The van der Waals surface area contributed by atoms with Crippen molar-refractivity contribution in [2.45, 2.75) is 0 Å². The molecule has 1 aliphatic rings. The third-order valence-electron chi connectivity index (χ3n) is 3.37. The predicted molar refractivity (Wildman–Crippen MR) is 94.6 cm³/mol. The van der Waals surface area contributed by atoms with E-state index in [9.17, 15) is 18.8 Å². The first kappa shape index (κ1) is 16.3. The number of barbiturate groups is 1. The number of imide groups is 2. The Morgan fingerprint density at radius 1 is 1.04 bits per heavy atom. The van der Waals surface area contributed by atoms with Crippen LogP contribution < -0.4 is 10.2 Å². The fourth-order valence-corrected chi connectivity index (χ4v) is 2.80. The molecule has 2 aromatic carbocycles. The molecule has 3 rings (SSSR count). The van der Waals surface area contributed by atoms with Crippen LogP contribution >= 0.6 is 22.6 Å². The lowest BCUT2D eigenvalue weighted by Gasteiger charge is -2.26. The van der Waals surface area contributed by atoms with Crippen LogP contribution in [0.15, 0.2) is 54.1 Å². The normalized spacial score (nSPS) is 16.5. The van der Waals surface area contributed by atoms with Crippen LogP contribution in [0.2, 0.25) is 0 Å². The van der Waals surface area contributed by atoms with Crippen molar-refractivity contribution in [3.63, 3.8) is 0 Å². The maximum atomic E-state index is 13.4. The average molecular weight is 436 g/mol. The fraction of sp³-hybridized carbons (Fsp3) is 0. The van der Waals surface area contributed by atoms with Gasteiger partial charge in [-0.05, 0) is 58.5 Å². The SMILES string of the molecule is O=C1NC(=O)N(c2cccc(F)c2)C(=O)C1=Cc1ccccc1I. The smallest absolute Gasteiger partial charge is 0.273 e. The van der Waals surface area contributed by atoms with Crippen LogP contribution in [0.4, 0.5) is 14.9 Å². The lowest BCUT2D eigenvalue weighted by atomic mass is 10.1. The molecular formula is C17H10FIN2O3. The zero-order valence-corrected chi connectivity index (χ0v) is 14.3. The lowest BCUT2D eigenvalue weighted by molar-refractivity contribution is -0.122. The number of amides is 4. The number of hydrogen-bond acceptors (Lipinski definition) is 3. The number of carbonyl (C=O) groups excluding carboxylic acids is 3. The van der Waals surface area contributed by atoms with Gasteiger partial charge in [0, 0.05) is 3.57 Å². The van der Waals surface area contributed by atoms with E-state index in [0.717, 1.165) is 14.5 Å². The third-order valence-corrected chi connectivity index (χ3v) is 4.36. The Balaban J connectivity index is 2.05. The van der Waals surface area contributed by atoms with Crippen molar-refractivity contribution in [2.24, 2.45) is 0 Å². The molecule has 5 nitrogen and oxygen atoms in total. The van der Waals surface area contributed by atoms with Crippen LogP contribution in [0, 0.1) is 9.39 Å². The highest BCUT2D eigenvalue weighted by atomic mass is 127. The van der Waals surface area contributed by atoms with E-state index < -0.39 is 23.7 Å². The van der Waals surface area contributed by atoms with Gasteiger partial charge in [0.1, 0.15) is 11.4 Å². The Bertz CT molecular complexity index is 895. The number of urea groups is 1. The first-order chi connectivity index (χ1) is 11.5. The summed E-state index contributed by atoms with van der Waals surface area (Å²) in [7, 11) is 0. The summed E-state index contributed by atoms with van der Waals surface area (Å²) in [5, 5.41) is 2.10. The molecule has 1 N–H and O–H groups in total. The summed E-state index contributed by atoms with van der Waals surface area (Å²) >= 11 is 2.08. The van der Waals surface area contributed by atoms with E-state index in [-0.39, 0.29) is 11.3 Å². The van der Waals surface area contributed by atoms with Crippen molar-refractivity contribution < 1.29 is 18.8 Å². The Labute approximate surface area is 150 Å². The van der Waals surface area contributed by atoms with Crippen LogP contribution in [0.3, 0.4) is 0 Å². The van der Waals surface area contributed by atoms with E-state index in [1.807, 2.05) is 12.1 Å². The summed E-state index contributed by atoms with van der Waals surface area (Å²) < 4.78 is 14.2. The van der Waals surface area contributed by atoms with Gasteiger partial charge < -0.3 is 0 Å². The molecule has 0 aromatic heterocycles. The summed E-state index contributed by atoms with van der Waals surface area (Å²) in [6, 6.07) is 11.3. The number of halogens is 2. The standard InChI is InChI=1S/C17H10FIN2O3/c18-11-5-3-6-12(9-11)21-16(23)13(15(22)20-17(21)24)8-10-4-1-2-7-14(10)19/h1-9H,(H,20,22,24).